The Morgan fingerprint density at radius 1 is 1.47 bits per heavy atom. The fourth-order valence-corrected chi connectivity index (χ4v) is 1.22. The van der Waals surface area contributed by atoms with Gasteiger partial charge in [-0.05, 0) is 34.6 Å². The van der Waals surface area contributed by atoms with E-state index in [1.807, 2.05) is 40.7 Å². The molecule has 1 aromatic rings. The van der Waals surface area contributed by atoms with Crippen LogP contribution in [0.3, 0.4) is 0 Å². The second kappa shape index (κ2) is 5.31. The minimum Gasteiger partial charge on any atom is -0.478 e. The molecular formula is C12H22N4O. The molecule has 1 unspecified atom stereocenters. The largest absolute Gasteiger partial charge is 0.478 e. The maximum absolute atomic E-state index is 5.90. The molecule has 0 aromatic carbocycles. The van der Waals surface area contributed by atoms with Crippen molar-refractivity contribution in [3.8, 4) is 5.88 Å². The molecule has 1 aromatic heterocycles. The van der Waals surface area contributed by atoms with Gasteiger partial charge in [-0.25, -0.2) is 4.98 Å². The molecule has 0 aliphatic carbocycles. The summed E-state index contributed by atoms with van der Waals surface area (Å²) in [6.45, 7) is 10.4. The maximum Gasteiger partial charge on any atom is 0.226 e. The maximum atomic E-state index is 5.90. The van der Waals surface area contributed by atoms with Crippen molar-refractivity contribution in [2.45, 2.75) is 46.2 Å². The van der Waals surface area contributed by atoms with E-state index in [0.717, 1.165) is 5.69 Å². The van der Waals surface area contributed by atoms with E-state index in [2.05, 4.69) is 15.3 Å². The smallest absolute Gasteiger partial charge is 0.226 e. The first-order valence-corrected chi connectivity index (χ1v) is 5.87. The van der Waals surface area contributed by atoms with Gasteiger partial charge in [0.1, 0.15) is 0 Å². The van der Waals surface area contributed by atoms with Crippen LogP contribution in [0.4, 0.5) is 5.95 Å². The number of nitrogens with zero attached hydrogens (tertiary/aromatic N) is 2. The Bertz CT molecular complexity index is 377. The molecule has 5 heteroatoms. The van der Waals surface area contributed by atoms with E-state index in [0.29, 0.717) is 18.4 Å². The Hall–Kier alpha value is -1.36. The normalized spacial score (nSPS) is 13.3. The zero-order valence-corrected chi connectivity index (χ0v) is 11.2. The van der Waals surface area contributed by atoms with Gasteiger partial charge in [0.05, 0.1) is 6.61 Å². The zero-order chi connectivity index (χ0) is 13.1. The van der Waals surface area contributed by atoms with Crippen molar-refractivity contribution in [2.24, 2.45) is 5.73 Å². The highest BCUT2D eigenvalue weighted by atomic mass is 16.5. The fourth-order valence-electron chi connectivity index (χ4n) is 1.22. The van der Waals surface area contributed by atoms with Crippen LogP contribution in [0.1, 0.15) is 33.4 Å². The molecular weight excluding hydrogens is 216 g/mol. The lowest BCUT2D eigenvalue weighted by molar-refractivity contribution is 0.326. The van der Waals surface area contributed by atoms with Crippen molar-refractivity contribution in [2.75, 3.05) is 11.9 Å². The summed E-state index contributed by atoms with van der Waals surface area (Å²) >= 11 is 0. The summed E-state index contributed by atoms with van der Waals surface area (Å²) in [5.74, 6) is 1.14. The van der Waals surface area contributed by atoms with E-state index in [1.165, 1.54) is 0 Å². The lowest BCUT2D eigenvalue weighted by Crippen LogP contribution is -2.47. The van der Waals surface area contributed by atoms with Crippen LogP contribution in [0.15, 0.2) is 6.07 Å². The van der Waals surface area contributed by atoms with Crippen LogP contribution in [-0.4, -0.2) is 28.2 Å². The van der Waals surface area contributed by atoms with Crippen molar-refractivity contribution >= 4 is 5.95 Å². The molecule has 0 amide bonds. The molecule has 0 spiro atoms. The number of nitrogens with two attached hydrogens (primary N) is 1. The molecule has 0 aliphatic heterocycles. The average molecular weight is 238 g/mol. The van der Waals surface area contributed by atoms with Gasteiger partial charge in [0.25, 0.3) is 0 Å². The van der Waals surface area contributed by atoms with Gasteiger partial charge >= 0.3 is 0 Å². The summed E-state index contributed by atoms with van der Waals surface area (Å²) < 4.78 is 5.38. The van der Waals surface area contributed by atoms with Crippen molar-refractivity contribution in [3.05, 3.63) is 11.8 Å². The van der Waals surface area contributed by atoms with Crippen LogP contribution >= 0.6 is 0 Å². The van der Waals surface area contributed by atoms with Gasteiger partial charge in [-0.1, -0.05) is 0 Å². The molecule has 1 atom stereocenters. The van der Waals surface area contributed by atoms with E-state index < -0.39 is 0 Å². The predicted molar refractivity (Wildman–Crippen MR) is 69.3 cm³/mol. The van der Waals surface area contributed by atoms with Gasteiger partial charge in [0.2, 0.25) is 11.8 Å². The van der Waals surface area contributed by atoms with Crippen molar-refractivity contribution in [1.29, 1.82) is 0 Å². The van der Waals surface area contributed by atoms with Gasteiger partial charge in [-0.2, -0.15) is 4.98 Å². The third-order valence-electron chi connectivity index (χ3n) is 2.70. The minimum absolute atomic E-state index is 0.0119. The van der Waals surface area contributed by atoms with Gasteiger partial charge in [-0.3, -0.25) is 0 Å². The molecule has 5 nitrogen and oxygen atoms in total. The molecule has 0 bridgehead atoms. The summed E-state index contributed by atoms with van der Waals surface area (Å²) in [6, 6.07) is 1.80. The predicted octanol–water partition coefficient (Wildman–Crippen LogP) is 1.72. The van der Waals surface area contributed by atoms with Gasteiger partial charge in [0, 0.05) is 23.3 Å². The number of hydrogen-bond donors (Lipinski definition) is 2. The quantitative estimate of drug-likeness (QED) is 0.817. The van der Waals surface area contributed by atoms with Gasteiger partial charge < -0.3 is 15.8 Å². The number of aromatic nitrogens is 2. The van der Waals surface area contributed by atoms with Crippen molar-refractivity contribution in [3.63, 3.8) is 0 Å². The number of rotatable bonds is 5. The van der Waals surface area contributed by atoms with Crippen LogP contribution in [0.25, 0.3) is 0 Å². The minimum atomic E-state index is -0.267. The highest BCUT2D eigenvalue weighted by Gasteiger charge is 2.23. The lowest BCUT2D eigenvalue weighted by Gasteiger charge is -2.30. The second-order valence-corrected chi connectivity index (χ2v) is 4.74. The zero-order valence-electron chi connectivity index (χ0n) is 11.2. The van der Waals surface area contributed by atoms with Crippen molar-refractivity contribution < 1.29 is 4.74 Å². The Kier molecular flexibility index (Phi) is 4.28. The molecule has 1 rings (SSSR count). The van der Waals surface area contributed by atoms with Gasteiger partial charge in [-0.15, -0.1) is 0 Å². The Morgan fingerprint density at radius 3 is 2.65 bits per heavy atom. The summed E-state index contributed by atoms with van der Waals surface area (Å²) in [7, 11) is 0. The van der Waals surface area contributed by atoms with Crippen LogP contribution in [0, 0.1) is 6.92 Å². The highest BCUT2D eigenvalue weighted by Crippen LogP contribution is 2.17. The van der Waals surface area contributed by atoms with Crippen LogP contribution in [0.5, 0.6) is 5.88 Å². The van der Waals surface area contributed by atoms with Crippen LogP contribution in [0.2, 0.25) is 0 Å². The number of aryl methyl sites for hydroxylation is 1. The molecule has 0 saturated carbocycles. The first-order chi connectivity index (χ1) is 7.85. The molecule has 0 saturated heterocycles. The van der Waals surface area contributed by atoms with E-state index in [-0.39, 0.29) is 11.6 Å². The first-order valence-electron chi connectivity index (χ1n) is 5.87. The van der Waals surface area contributed by atoms with E-state index in [1.54, 1.807) is 0 Å². The Balaban J connectivity index is 2.91. The summed E-state index contributed by atoms with van der Waals surface area (Å²) in [6.07, 6.45) is 0. The topological polar surface area (TPSA) is 73.1 Å². The molecule has 0 fully saturated rings. The van der Waals surface area contributed by atoms with Crippen molar-refractivity contribution in [1.82, 2.24) is 9.97 Å². The van der Waals surface area contributed by atoms with E-state index in [9.17, 15) is 0 Å². The number of ether oxygens (including phenoxy) is 1. The molecule has 17 heavy (non-hydrogen) atoms. The lowest BCUT2D eigenvalue weighted by atomic mass is 9.97. The monoisotopic (exact) mass is 238 g/mol. The van der Waals surface area contributed by atoms with Gasteiger partial charge in [0.15, 0.2) is 0 Å². The number of hydrogen-bond acceptors (Lipinski definition) is 5. The molecule has 1 heterocycles. The summed E-state index contributed by atoms with van der Waals surface area (Å²) in [5, 5.41) is 3.23. The van der Waals surface area contributed by atoms with Crippen LogP contribution < -0.4 is 15.8 Å². The molecule has 0 radical (unpaired) electrons. The summed E-state index contributed by atoms with van der Waals surface area (Å²) in [5.41, 5.74) is 6.50. The average Bonchev–Trinajstić information content (AvgIpc) is 2.15. The molecule has 3 N–H and O–H groups in total. The Morgan fingerprint density at radius 2 is 2.12 bits per heavy atom. The standard InChI is InChI=1S/C12H22N4O/c1-6-17-10-7-8(2)14-11(15-10)16-12(4,5)9(3)13/h7,9H,6,13H2,1-5H3,(H,14,15,16). The number of nitrogens with one attached hydrogen (secondary N) is 1. The summed E-state index contributed by atoms with van der Waals surface area (Å²) in [4.78, 5) is 8.62. The highest BCUT2D eigenvalue weighted by molar-refractivity contribution is 5.34. The van der Waals surface area contributed by atoms with E-state index in [4.69, 9.17) is 10.5 Å². The molecule has 0 aliphatic rings. The van der Waals surface area contributed by atoms with E-state index >= 15 is 0 Å². The third-order valence-corrected chi connectivity index (χ3v) is 2.70. The fraction of sp³-hybridized carbons (Fsp3) is 0.667. The number of anilines is 1. The SMILES string of the molecule is CCOc1cc(C)nc(NC(C)(C)C(C)N)n1. The Labute approximate surface area is 103 Å². The first kappa shape index (κ1) is 13.7. The second-order valence-electron chi connectivity index (χ2n) is 4.74. The third kappa shape index (κ3) is 3.85. The van der Waals surface area contributed by atoms with Crippen LogP contribution in [-0.2, 0) is 0 Å². The molecule has 96 valence electrons.